The third-order valence-corrected chi connectivity index (χ3v) is 4.82. The van der Waals surface area contributed by atoms with Crippen LogP contribution >= 0.6 is 0 Å². The van der Waals surface area contributed by atoms with Gasteiger partial charge in [0.15, 0.2) is 6.10 Å². The molecule has 1 saturated heterocycles. The highest BCUT2D eigenvalue weighted by Crippen LogP contribution is 2.35. The molecule has 0 aliphatic carbocycles. The smallest absolute Gasteiger partial charge is 0.296 e. The molecule has 2 heterocycles. The van der Waals surface area contributed by atoms with E-state index in [0.29, 0.717) is 17.8 Å². The number of nitrogen functional groups attached to an aromatic ring is 1. The Bertz CT molecular complexity index is 904. The van der Waals surface area contributed by atoms with Crippen molar-refractivity contribution < 1.29 is 13.5 Å². The topological polar surface area (TPSA) is 88.1 Å². The fourth-order valence-electron chi connectivity index (χ4n) is 3.20. The number of alkyl halides is 2. The number of hydrogen-bond acceptors (Lipinski definition) is 6. The summed E-state index contributed by atoms with van der Waals surface area (Å²) in [6.07, 6.45) is 0.413. The number of nitrogens with two attached hydrogens (primary N) is 1. The lowest BCUT2D eigenvalue weighted by molar-refractivity contribution is -0.153. The van der Waals surface area contributed by atoms with Gasteiger partial charge in [0.25, 0.3) is 5.92 Å². The van der Waals surface area contributed by atoms with Crippen LogP contribution in [0.25, 0.3) is 11.3 Å². The molecule has 1 atom stereocenters. The monoisotopic (exact) mass is 387 g/mol. The molecule has 0 saturated carbocycles. The standard InChI is InChI=1S/C20H23F2N5O/c1-19(2,3)27-9-7-17(20(21,22)12-27)28-16-5-4-13(10-14(16)11-23)15-6-8-25-18(24)26-15/h4-6,8,10,17H,7,9,12H2,1-3H3,(H2,24,25,26). The van der Waals surface area contributed by atoms with E-state index in [4.69, 9.17) is 10.5 Å². The van der Waals surface area contributed by atoms with Crippen molar-refractivity contribution in [2.24, 2.45) is 0 Å². The Labute approximate surface area is 163 Å². The van der Waals surface area contributed by atoms with E-state index in [0.717, 1.165) is 0 Å². The van der Waals surface area contributed by atoms with E-state index in [2.05, 4.69) is 9.97 Å². The molecule has 0 spiro atoms. The highest BCUT2D eigenvalue weighted by atomic mass is 19.3. The van der Waals surface area contributed by atoms with Crippen LogP contribution in [0.5, 0.6) is 5.75 Å². The average molecular weight is 387 g/mol. The molecule has 1 aliphatic rings. The van der Waals surface area contributed by atoms with Crippen LogP contribution in [0.1, 0.15) is 32.8 Å². The van der Waals surface area contributed by atoms with Crippen molar-refractivity contribution in [1.29, 1.82) is 5.26 Å². The van der Waals surface area contributed by atoms with E-state index in [1.807, 2.05) is 26.8 Å². The van der Waals surface area contributed by atoms with Gasteiger partial charge in [-0.1, -0.05) is 0 Å². The van der Waals surface area contributed by atoms with Crippen LogP contribution in [0.3, 0.4) is 0 Å². The number of halogens is 2. The van der Waals surface area contributed by atoms with Gasteiger partial charge < -0.3 is 10.5 Å². The second-order valence-corrected chi connectivity index (χ2v) is 7.87. The van der Waals surface area contributed by atoms with Gasteiger partial charge in [-0.3, -0.25) is 4.90 Å². The van der Waals surface area contributed by atoms with Crippen molar-refractivity contribution in [1.82, 2.24) is 14.9 Å². The summed E-state index contributed by atoms with van der Waals surface area (Å²) in [6, 6.07) is 8.42. The lowest BCUT2D eigenvalue weighted by atomic mass is 9.96. The number of rotatable bonds is 3. The minimum atomic E-state index is -3.02. The molecule has 0 radical (unpaired) electrons. The fourth-order valence-corrected chi connectivity index (χ4v) is 3.20. The van der Waals surface area contributed by atoms with Gasteiger partial charge in [-0.15, -0.1) is 0 Å². The van der Waals surface area contributed by atoms with Crippen LogP contribution < -0.4 is 10.5 Å². The quantitative estimate of drug-likeness (QED) is 0.867. The highest BCUT2D eigenvalue weighted by Gasteiger charge is 2.48. The second kappa shape index (κ2) is 7.32. The van der Waals surface area contributed by atoms with Gasteiger partial charge in [0.1, 0.15) is 11.8 Å². The molecular weight excluding hydrogens is 364 g/mol. The Morgan fingerprint density at radius 1 is 1.32 bits per heavy atom. The molecule has 1 unspecified atom stereocenters. The van der Waals surface area contributed by atoms with Crippen molar-refractivity contribution >= 4 is 5.95 Å². The van der Waals surface area contributed by atoms with Crippen LogP contribution in [0.4, 0.5) is 14.7 Å². The summed E-state index contributed by atoms with van der Waals surface area (Å²) in [5.41, 5.74) is 6.60. The first-order valence-electron chi connectivity index (χ1n) is 9.03. The lowest BCUT2D eigenvalue weighted by Gasteiger charge is -2.44. The van der Waals surface area contributed by atoms with Gasteiger partial charge in [0.05, 0.1) is 17.8 Å². The molecule has 6 nitrogen and oxygen atoms in total. The Morgan fingerprint density at radius 3 is 2.68 bits per heavy atom. The fraction of sp³-hybridized carbons (Fsp3) is 0.450. The molecule has 28 heavy (non-hydrogen) atoms. The van der Waals surface area contributed by atoms with E-state index >= 15 is 0 Å². The van der Waals surface area contributed by atoms with Gasteiger partial charge in [-0.25, -0.2) is 18.7 Å². The molecule has 8 heteroatoms. The Balaban J connectivity index is 1.82. The molecule has 0 amide bonds. The first-order chi connectivity index (χ1) is 13.1. The van der Waals surface area contributed by atoms with Crippen molar-refractivity contribution in [2.45, 2.75) is 44.8 Å². The summed E-state index contributed by atoms with van der Waals surface area (Å²) in [6.45, 7) is 5.87. The average Bonchev–Trinajstić information content (AvgIpc) is 2.62. The number of piperidine rings is 1. The summed E-state index contributed by atoms with van der Waals surface area (Å²) >= 11 is 0. The molecule has 2 N–H and O–H groups in total. The molecule has 1 aromatic carbocycles. The van der Waals surface area contributed by atoms with E-state index in [9.17, 15) is 14.0 Å². The number of nitrogens with zero attached hydrogens (tertiary/aromatic N) is 4. The zero-order valence-corrected chi connectivity index (χ0v) is 16.1. The first kappa shape index (κ1) is 20.0. The number of nitriles is 1. The third-order valence-electron chi connectivity index (χ3n) is 4.82. The maximum atomic E-state index is 14.7. The minimum absolute atomic E-state index is 0.113. The van der Waals surface area contributed by atoms with Gasteiger partial charge in [0, 0.05) is 30.3 Å². The summed E-state index contributed by atoms with van der Waals surface area (Å²) in [5, 5.41) is 9.47. The molecular formula is C20H23F2N5O. The van der Waals surface area contributed by atoms with Gasteiger partial charge in [-0.05, 0) is 45.0 Å². The molecule has 0 bridgehead atoms. The Hall–Kier alpha value is -2.79. The molecule has 1 aliphatic heterocycles. The number of aromatic nitrogens is 2. The maximum Gasteiger partial charge on any atom is 0.296 e. The van der Waals surface area contributed by atoms with E-state index in [-0.39, 0.29) is 35.8 Å². The number of hydrogen-bond donors (Lipinski definition) is 1. The summed E-state index contributed by atoms with van der Waals surface area (Å²) in [5.74, 6) is -2.76. The molecule has 1 aromatic heterocycles. The van der Waals surface area contributed by atoms with Crippen LogP contribution in [0.2, 0.25) is 0 Å². The third kappa shape index (κ3) is 4.20. The first-order valence-corrected chi connectivity index (χ1v) is 9.03. The predicted molar refractivity (Wildman–Crippen MR) is 102 cm³/mol. The molecule has 3 rings (SSSR count). The molecule has 148 valence electrons. The van der Waals surface area contributed by atoms with Gasteiger partial charge in [-0.2, -0.15) is 5.26 Å². The zero-order valence-electron chi connectivity index (χ0n) is 16.1. The Kier molecular flexibility index (Phi) is 5.22. The highest BCUT2D eigenvalue weighted by molar-refractivity contribution is 5.64. The normalized spacial score (nSPS) is 19.8. The van der Waals surface area contributed by atoms with Crippen molar-refractivity contribution in [3.05, 3.63) is 36.0 Å². The van der Waals surface area contributed by atoms with Gasteiger partial charge >= 0.3 is 0 Å². The number of benzene rings is 1. The number of likely N-dealkylation sites (tertiary alicyclic amines) is 1. The zero-order chi connectivity index (χ0) is 20.5. The minimum Gasteiger partial charge on any atom is -0.483 e. The summed E-state index contributed by atoms with van der Waals surface area (Å²) in [7, 11) is 0. The van der Waals surface area contributed by atoms with Crippen LogP contribution in [-0.4, -0.2) is 45.5 Å². The number of ether oxygens (including phenoxy) is 1. The van der Waals surface area contributed by atoms with E-state index < -0.39 is 12.0 Å². The van der Waals surface area contributed by atoms with Crippen LogP contribution in [0, 0.1) is 11.3 Å². The Morgan fingerprint density at radius 2 is 2.07 bits per heavy atom. The van der Waals surface area contributed by atoms with Crippen LogP contribution in [0.15, 0.2) is 30.5 Å². The maximum absolute atomic E-state index is 14.7. The number of anilines is 1. The molecule has 2 aromatic rings. The molecule has 1 fully saturated rings. The van der Waals surface area contributed by atoms with Crippen molar-refractivity contribution in [3.8, 4) is 23.1 Å². The van der Waals surface area contributed by atoms with Crippen LogP contribution in [-0.2, 0) is 0 Å². The predicted octanol–water partition coefficient (Wildman–Crippen LogP) is 3.48. The second-order valence-electron chi connectivity index (χ2n) is 7.87. The van der Waals surface area contributed by atoms with Crippen molar-refractivity contribution in [2.75, 3.05) is 18.8 Å². The van der Waals surface area contributed by atoms with Gasteiger partial charge in [0.2, 0.25) is 5.95 Å². The SMILES string of the molecule is CC(C)(C)N1CCC(Oc2ccc(-c3ccnc(N)n3)cc2C#N)C(F)(F)C1. The van der Waals surface area contributed by atoms with E-state index in [1.54, 1.807) is 23.1 Å². The lowest BCUT2D eigenvalue weighted by Crippen LogP contribution is -2.58. The summed E-state index contributed by atoms with van der Waals surface area (Å²) in [4.78, 5) is 9.69. The van der Waals surface area contributed by atoms with E-state index in [1.165, 1.54) is 12.3 Å². The van der Waals surface area contributed by atoms with Crippen molar-refractivity contribution in [3.63, 3.8) is 0 Å². The summed E-state index contributed by atoms with van der Waals surface area (Å²) < 4.78 is 35.0. The largest absolute Gasteiger partial charge is 0.483 e.